The topological polar surface area (TPSA) is 40.6 Å². The van der Waals surface area contributed by atoms with E-state index in [0.29, 0.717) is 18.9 Å². The van der Waals surface area contributed by atoms with Crippen LogP contribution in [0.25, 0.3) is 0 Å². The number of hydrogen-bond acceptors (Lipinski definition) is 2. The number of hydrogen-bond donors (Lipinski definition) is 0. The highest BCUT2D eigenvalue weighted by Crippen LogP contribution is 2.14. The Morgan fingerprint density at radius 1 is 0.731 bits per heavy atom. The lowest BCUT2D eigenvalue weighted by molar-refractivity contribution is -0.136. The predicted molar refractivity (Wildman–Crippen MR) is 113 cm³/mol. The van der Waals surface area contributed by atoms with Crippen molar-refractivity contribution >= 4 is 11.8 Å². The highest BCUT2D eigenvalue weighted by Gasteiger charge is 2.21. The van der Waals surface area contributed by atoms with Crippen molar-refractivity contribution < 1.29 is 9.59 Å². The van der Waals surface area contributed by atoms with Gasteiger partial charge < -0.3 is 9.80 Å². The molecule has 2 amide bonds. The van der Waals surface area contributed by atoms with Gasteiger partial charge in [0.2, 0.25) is 11.8 Å². The third-order valence-corrected chi connectivity index (χ3v) is 4.73. The lowest BCUT2D eigenvalue weighted by Crippen LogP contribution is -2.43. The van der Waals surface area contributed by atoms with E-state index in [0.717, 1.165) is 32.2 Å². The molecule has 0 aromatic carbocycles. The zero-order valence-electron chi connectivity index (χ0n) is 19.1. The molecule has 0 saturated heterocycles. The van der Waals surface area contributed by atoms with Gasteiger partial charge in [0.15, 0.2) is 0 Å². The van der Waals surface area contributed by atoms with Crippen molar-refractivity contribution in [2.24, 2.45) is 0 Å². The van der Waals surface area contributed by atoms with E-state index in [2.05, 4.69) is 55.4 Å². The molecule has 0 aliphatic carbocycles. The number of carbonyl (C=O) groups is 2. The molecular weight excluding hydrogens is 324 g/mol. The van der Waals surface area contributed by atoms with Crippen LogP contribution in [-0.2, 0) is 9.59 Å². The Bertz CT molecular complexity index is 369. The summed E-state index contributed by atoms with van der Waals surface area (Å²) in [5.74, 6) is 0.438. The Labute approximate surface area is 163 Å². The van der Waals surface area contributed by atoms with Crippen LogP contribution in [0.2, 0.25) is 0 Å². The molecule has 4 heteroatoms. The van der Waals surface area contributed by atoms with E-state index in [-0.39, 0.29) is 23.9 Å². The zero-order chi connectivity index (χ0) is 20.7. The SMILES string of the molecule is CCC.CCC(C)N(CC)C(=O)CCCCC(=O)N(C(C)C)C(C)CC. The van der Waals surface area contributed by atoms with Gasteiger partial charge in [0.25, 0.3) is 0 Å². The van der Waals surface area contributed by atoms with Gasteiger partial charge >= 0.3 is 0 Å². The molecule has 0 fully saturated rings. The third-order valence-electron chi connectivity index (χ3n) is 4.73. The zero-order valence-corrected chi connectivity index (χ0v) is 19.1. The molecule has 0 radical (unpaired) electrons. The highest BCUT2D eigenvalue weighted by molar-refractivity contribution is 5.77. The summed E-state index contributed by atoms with van der Waals surface area (Å²) in [6.45, 7) is 19.6. The van der Waals surface area contributed by atoms with E-state index in [1.54, 1.807) is 0 Å². The first-order valence-electron chi connectivity index (χ1n) is 10.8. The fourth-order valence-corrected chi connectivity index (χ4v) is 3.02. The molecule has 0 saturated carbocycles. The summed E-state index contributed by atoms with van der Waals surface area (Å²) in [6.07, 6.45) is 5.90. The molecule has 26 heavy (non-hydrogen) atoms. The molecule has 0 spiro atoms. The Kier molecular flexibility index (Phi) is 16.9. The van der Waals surface area contributed by atoms with Gasteiger partial charge in [0.1, 0.15) is 0 Å². The van der Waals surface area contributed by atoms with Gasteiger partial charge in [-0.3, -0.25) is 9.59 Å². The van der Waals surface area contributed by atoms with E-state index in [1.807, 2.05) is 16.7 Å². The van der Waals surface area contributed by atoms with Crippen molar-refractivity contribution in [3.63, 3.8) is 0 Å². The molecule has 0 aliphatic heterocycles. The first kappa shape index (κ1) is 27.2. The molecule has 0 rings (SSSR count). The predicted octanol–water partition coefficient (Wildman–Crippen LogP) is 5.65. The second kappa shape index (κ2) is 16.1. The lowest BCUT2D eigenvalue weighted by atomic mass is 10.1. The van der Waals surface area contributed by atoms with Crippen LogP contribution in [0.15, 0.2) is 0 Å². The number of nitrogens with zero attached hydrogens (tertiary/aromatic N) is 2. The van der Waals surface area contributed by atoms with Gasteiger partial charge in [-0.05, 0) is 60.3 Å². The molecule has 0 heterocycles. The molecular formula is C22H46N2O2. The second-order valence-electron chi connectivity index (χ2n) is 7.50. The summed E-state index contributed by atoms with van der Waals surface area (Å²) in [5, 5.41) is 0. The Morgan fingerprint density at radius 3 is 1.50 bits per heavy atom. The fourth-order valence-electron chi connectivity index (χ4n) is 3.02. The lowest BCUT2D eigenvalue weighted by Gasteiger charge is -2.32. The highest BCUT2D eigenvalue weighted by atomic mass is 16.2. The summed E-state index contributed by atoms with van der Waals surface area (Å²) in [5.41, 5.74) is 0. The monoisotopic (exact) mass is 370 g/mol. The van der Waals surface area contributed by atoms with Crippen LogP contribution >= 0.6 is 0 Å². The van der Waals surface area contributed by atoms with Gasteiger partial charge in [-0.1, -0.05) is 34.1 Å². The molecule has 0 aromatic heterocycles. The van der Waals surface area contributed by atoms with E-state index < -0.39 is 0 Å². The summed E-state index contributed by atoms with van der Waals surface area (Å²) in [7, 11) is 0. The first-order valence-corrected chi connectivity index (χ1v) is 10.8. The smallest absolute Gasteiger partial charge is 0.223 e. The maximum atomic E-state index is 12.4. The van der Waals surface area contributed by atoms with Crippen LogP contribution in [0.5, 0.6) is 0 Å². The standard InChI is InChI=1S/C19H38N2O2.C3H8/c1-8-16(6)20(10-3)18(22)13-11-12-14-19(23)21(15(4)5)17(7)9-2;1-3-2/h15-17H,8-14H2,1-7H3;3H2,1-2H3. The molecule has 0 N–H and O–H groups in total. The van der Waals surface area contributed by atoms with E-state index in [1.165, 1.54) is 6.42 Å². The Morgan fingerprint density at radius 2 is 1.15 bits per heavy atom. The normalized spacial score (nSPS) is 12.8. The molecule has 2 unspecified atom stereocenters. The Hall–Kier alpha value is -1.06. The number of unbranched alkanes of at least 4 members (excludes halogenated alkanes) is 1. The quantitative estimate of drug-likeness (QED) is 0.441. The summed E-state index contributed by atoms with van der Waals surface area (Å²) >= 11 is 0. The molecule has 0 bridgehead atoms. The first-order chi connectivity index (χ1) is 12.2. The second-order valence-corrected chi connectivity index (χ2v) is 7.50. The van der Waals surface area contributed by atoms with Crippen molar-refractivity contribution in [2.75, 3.05) is 6.54 Å². The van der Waals surface area contributed by atoms with Crippen molar-refractivity contribution in [1.82, 2.24) is 9.80 Å². The molecule has 0 aliphatic rings. The van der Waals surface area contributed by atoms with Crippen molar-refractivity contribution in [3.8, 4) is 0 Å². The molecule has 156 valence electrons. The van der Waals surface area contributed by atoms with Gasteiger partial charge in [-0.25, -0.2) is 0 Å². The number of amides is 2. The van der Waals surface area contributed by atoms with Crippen molar-refractivity contribution in [3.05, 3.63) is 0 Å². The van der Waals surface area contributed by atoms with Crippen LogP contribution in [0.4, 0.5) is 0 Å². The Balaban J connectivity index is 0. The van der Waals surface area contributed by atoms with E-state index in [9.17, 15) is 9.59 Å². The minimum atomic E-state index is 0.219. The van der Waals surface area contributed by atoms with Crippen molar-refractivity contribution in [2.45, 2.75) is 125 Å². The van der Waals surface area contributed by atoms with Crippen LogP contribution in [0.1, 0.15) is 107 Å². The van der Waals surface area contributed by atoms with Crippen LogP contribution in [0.3, 0.4) is 0 Å². The number of rotatable bonds is 11. The van der Waals surface area contributed by atoms with Crippen molar-refractivity contribution in [1.29, 1.82) is 0 Å². The maximum Gasteiger partial charge on any atom is 0.223 e. The minimum Gasteiger partial charge on any atom is -0.340 e. The third kappa shape index (κ3) is 10.8. The summed E-state index contributed by atoms with van der Waals surface area (Å²) in [4.78, 5) is 28.6. The van der Waals surface area contributed by atoms with Gasteiger partial charge in [0, 0.05) is 37.5 Å². The largest absolute Gasteiger partial charge is 0.340 e. The van der Waals surface area contributed by atoms with Crippen LogP contribution in [0, 0.1) is 0 Å². The van der Waals surface area contributed by atoms with E-state index >= 15 is 0 Å². The molecule has 0 aromatic rings. The van der Waals surface area contributed by atoms with Crippen LogP contribution < -0.4 is 0 Å². The minimum absolute atomic E-state index is 0.219. The average Bonchev–Trinajstić information content (AvgIpc) is 2.59. The van der Waals surface area contributed by atoms with E-state index in [4.69, 9.17) is 0 Å². The molecule has 2 atom stereocenters. The molecule has 4 nitrogen and oxygen atoms in total. The summed E-state index contributed by atoms with van der Waals surface area (Å²) in [6, 6.07) is 0.821. The van der Waals surface area contributed by atoms with Crippen LogP contribution in [-0.4, -0.2) is 46.3 Å². The van der Waals surface area contributed by atoms with Gasteiger partial charge in [-0.2, -0.15) is 0 Å². The fraction of sp³-hybridized carbons (Fsp3) is 0.909. The number of carbonyl (C=O) groups excluding carboxylic acids is 2. The van der Waals surface area contributed by atoms with Gasteiger partial charge in [-0.15, -0.1) is 0 Å². The van der Waals surface area contributed by atoms with Gasteiger partial charge in [0.05, 0.1) is 0 Å². The average molecular weight is 371 g/mol. The maximum absolute atomic E-state index is 12.4. The summed E-state index contributed by atoms with van der Waals surface area (Å²) < 4.78 is 0.